The molecule has 8 heteroatoms. The molecule has 0 unspecified atom stereocenters. The van der Waals surface area contributed by atoms with Crippen LogP contribution in [-0.4, -0.2) is 29.1 Å². The second-order valence-electron chi connectivity index (χ2n) is 5.13. The van der Waals surface area contributed by atoms with Gasteiger partial charge >= 0.3 is 0 Å². The van der Waals surface area contributed by atoms with Gasteiger partial charge in [-0.15, -0.1) is 0 Å². The Morgan fingerprint density at radius 3 is 2.78 bits per heavy atom. The van der Waals surface area contributed by atoms with E-state index >= 15 is 0 Å². The number of pyridine rings is 1. The lowest BCUT2D eigenvalue weighted by Crippen LogP contribution is -2.06. The van der Waals surface area contributed by atoms with Crippen molar-refractivity contribution in [2.45, 2.75) is 0 Å². The molecule has 0 fully saturated rings. The molecular formula is C15H13N7O. The van der Waals surface area contributed by atoms with Gasteiger partial charge in [-0.1, -0.05) is 0 Å². The van der Waals surface area contributed by atoms with E-state index in [1.54, 1.807) is 29.3 Å². The summed E-state index contributed by atoms with van der Waals surface area (Å²) in [6.45, 7) is 0. The number of nitrogens with two attached hydrogens (primary N) is 1. The first kappa shape index (κ1) is 13.3. The predicted molar refractivity (Wildman–Crippen MR) is 85.7 cm³/mol. The Balaban J connectivity index is 2.10. The van der Waals surface area contributed by atoms with Crippen LogP contribution in [0.3, 0.4) is 0 Å². The van der Waals surface area contributed by atoms with Crippen LogP contribution in [0.4, 0.5) is 5.82 Å². The average Bonchev–Trinajstić information content (AvgIpc) is 3.17. The highest BCUT2D eigenvalue weighted by Crippen LogP contribution is 2.31. The molecule has 4 aromatic rings. The summed E-state index contributed by atoms with van der Waals surface area (Å²) in [4.78, 5) is 22.8. The van der Waals surface area contributed by atoms with Gasteiger partial charge in [0.1, 0.15) is 11.4 Å². The first-order chi connectivity index (χ1) is 11.1. The number of hydrogen-bond acceptors (Lipinski definition) is 5. The SMILES string of the molecule is Cn1ccc(-c2nc(N)c3nccn3c2-c2ccc(=O)[nH]c2)n1. The highest BCUT2D eigenvalue weighted by atomic mass is 16.1. The number of hydrogen-bond donors (Lipinski definition) is 2. The standard InChI is InChI=1S/C15H13N7O/c1-21-6-4-10(20-21)12-13(9-2-3-11(23)18-8-9)22-7-5-17-15(22)14(16)19-12/h2-8H,1H3,(H2,16,19)(H,18,23). The Morgan fingerprint density at radius 2 is 2.09 bits per heavy atom. The number of anilines is 1. The third-order valence-electron chi connectivity index (χ3n) is 3.58. The maximum absolute atomic E-state index is 11.4. The van der Waals surface area contributed by atoms with E-state index in [-0.39, 0.29) is 5.56 Å². The minimum atomic E-state index is -0.168. The number of nitrogens with one attached hydrogen (secondary N) is 1. The van der Waals surface area contributed by atoms with E-state index in [9.17, 15) is 4.79 Å². The van der Waals surface area contributed by atoms with Gasteiger partial charge in [0.25, 0.3) is 0 Å². The molecule has 0 amide bonds. The van der Waals surface area contributed by atoms with Crippen LogP contribution < -0.4 is 11.3 Å². The number of fused-ring (bicyclic) bond motifs is 1. The number of nitrogens with zero attached hydrogens (tertiary/aromatic N) is 5. The summed E-state index contributed by atoms with van der Waals surface area (Å²) >= 11 is 0. The molecule has 0 saturated heterocycles. The van der Waals surface area contributed by atoms with Crippen molar-refractivity contribution in [3.05, 3.63) is 53.3 Å². The molecule has 0 aliphatic carbocycles. The lowest BCUT2D eigenvalue weighted by molar-refractivity contribution is 0.770. The predicted octanol–water partition coefficient (Wildman–Crippen LogP) is 1.07. The van der Waals surface area contributed by atoms with E-state index in [4.69, 9.17) is 5.73 Å². The molecule has 114 valence electrons. The third kappa shape index (κ3) is 2.08. The van der Waals surface area contributed by atoms with E-state index < -0.39 is 0 Å². The maximum atomic E-state index is 11.4. The van der Waals surface area contributed by atoms with Crippen LogP contribution in [0.5, 0.6) is 0 Å². The minimum absolute atomic E-state index is 0.168. The summed E-state index contributed by atoms with van der Waals surface area (Å²) in [5.41, 5.74) is 9.30. The lowest BCUT2D eigenvalue weighted by atomic mass is 10.1. The molecule has 4 heterocycles. The zero-order valence-corrected chi connectivity index (χ0v) is 12.3. The fourth-order valence-electron chi connectivity index (χ4n) is 2.56. The molecule has 23 heavy (non-hydrogen) atoms. The van der Waals surface area contributed by atoms with E-state index in [2.05, 4.69) is 20.1 Å². The van der Waals surface area contributed by atoms with E-state index in [1.165, 1.54) is 6.07 Å². The number of aromatic amines is 1. The zero-order valence-electron chi connectivity index (χ0n) is 12.3. The Morgan fingerprint density at radius 1 is 1.22 bits per heavy atom. The molecular weight excluding hydrogens is 294 g/mol. The van der Waals surface area contributed by atoms with Gasteiger partial charge in [-0.05, 0) is 12.1 Å². The number of H-pyrrole nitrogens is 1. The van der Waals surface area contributed by atoms with Crippen LogP contribution in [0.25, 0.3) is 28.3 Å². The van der Waals surface area contributed by atoms with Gasteiger partial charge < -0.3 is 10.7 Å². The largest absolute Gasteiger partial charge is 0.381 e. The number of rotatable bonds is 2. The van der Waals surface area contributed by atoms with Crippen molar-refractivity contribution in [1.82, 2.24) is 29.1 Å². The van der Waals surface area contributed by atoms with Crippen LogP contribution in [-0.2, 0) is 7.05 Å². The molecule has 0 spiro atoms. The Hall–Kier alpha value is -3.42. The Labute approximate surface area is 130 Å². The normalized spacial score (nSPS) is 11.2. The summed E-state index contributed by atoms with van der Waals surface area (Å²) < 4.78 is 3.54. The molecule has 0 bridgehead atoms. The molecule has 0 aliphatic heterocycles. The van der Waals surface area contributed by atoms with Crippen LogP contribution in [0, 0.1) is 0 Å². The summed E-state index contributed by atoms with van der Waals surface area (Å²) in [5.74, 6) is 0.323. The Kier molecular flexibility index (Phi) is 2.77. The van der Waals surface area contributed by atoms with Crippen molar-refractivity contribution < 1.29 is 0 Å². The van der Waals surface area contributed by atoms with Crippen LogP contribution >= 0.6 is 0 Å². The van der Waals surface area contributed by atoms with Crippen molar-refractivity contribution >= 4 is 11.5 Å². The molecule has 0 aromatic carbocycles. The molecule has 8 nitrogen and oxygen atoms in total. The maximum Gasteiger partial charge on any atom is 0.247 e. The van der Waals surface area contributed by atoms with Crippen LogP contribution in [0.15, 0.2) is 47.8 Å². The van der Waals surface area contributed by atoms with Crippen molar-refractivity contribution in [3.63, 3.8) is 0 Å². The van der Waals surface area contributed by atoms with E-state index in [0.29, 0.717) is 22.9 Å². The van der Waals surface area contributed by atoms with E-state index in [1.807, 2.05) is 23.7 Å². The Bertz CT molecular complexity index is 1050. The summed E-state index contributed by atoms with van der Waals surface area (Å²) in [7, 11) is 1.84. The second kappa shape index (κ2) is 4.80. The van der Waals surface area contributed by atoms with Gasteiger partial charge in [0.15, 0.2) is 11.5 Å². The topological polar surface area (TPSA) is 107 Å². The lowest BCUT2D eigenvalue weighted by Gasteiger charge is -2.11. The van der Waals surface area contributed by atoms with Gasteiger partial charge in [0.2, 0.25) is 5.56 Å². The fourth-order valence-corrected chi connectivity index (χ4v) is 2.56. The van der Waals surface area contributed by atoms with Crippen molar-refractivity contribution in [3.8, 4) is 22.6 Å². The molecule has 3 N–H and O–H groups in total. The zero-order chi connectivity index (χ0) is 16.0. The van der Waals surface area contributed by atoms with E-state index in [0.717, 1.165) is 11.3 Å². The average molecular weight is 307 g/mol. The van der Waals surface area contributed by atoms with Gasteiger partial charge in [-0.2, -0.15) is 5.10 Å². The molecule has 4 aromatic heterocycles. The monoisotopic (exact) mass is 307 g/mol. The summed E-state index contributed by atoms with van der Waals surface area (Å²) in [6.07, 6.45) is 6.94. The summed E-state index contributed by atoms with van der Waals surface area (Å²) in [5, 5.41) is 4.41. The second-order valence-corrected chi connectivity index (χ2v) is 5.13. The quantitative estimate of drug-likeness (QED) is 0.576. The molecule has 0 saturated carbocycles. The van der Waals surface area contributed by atoms with Gasteiger partial charge in [0, 0.05) is 43.5 Å². The molecule has 4 rings (SSSR count). The van der Waals surface area contributed by atoms with Gasteiger partial charge in [0.05, 0.1) is 5.69 Å². The van der Waals surface area contributed by atoms with Crippen molar-refractivity contribution in [2.75, 3.05) is 5.73 Å². The number of aromatic nitrogens is 6. The smallest absolute Gasteiger partial charge is 0.247 e. The first-order valence-corrected chi connectivity index (χ1v) is 6.95. The van der Waals surface area contributed by atoms with Crippen LogP contribution in [0.2, 0.25) is 0 Å². The number of aryl methyl sites for hydroxylation is 1. The van der Waals surface area contributed by atoms with Gasteiger partial charge in [-0.25, -0.2) is 9.97 Å². The molecule has 0 aliphatic rings. The molecule has 0 atom stereocenters. The fraction of sp³-hybridized carbons (Fsp3) is 0.0667. The van der Waals surface area contributed by atoms with Crippen LogP contribution in [0.1, 0.15) is 0 Å². The highest BCUT2D eigenvalue weighted by Gasteiger charge is 2.18. The van der Waals surface area contributed by atoms with Gasteiger partial charge in [-0.3, -0.25) is 13.9 Å². The van der Waals surface area contributed by atoms with Crippen molar-refractivity contribution in [1.29, 1.82) is 0 Å². The minimum Gasteiger partial charge on any atom is -0.381 e. The first-order valence-electron chi connectivity index (χ1n) is 6.95. The third-order valence-corrected chi connectivity index (χ3v) is 3.58. The number of nitrogen functional groups attached to an aromatic ring is 1. The van der Waals surface area contributed by atoms with Crippen molar-refractivity contribution in [2.24, 2.45) is 7.05 Å². The molecule has 0 radical (unpaired) electrons. The summed E-state index contributed by atoms with van der Waals surface area (Å²) in [6, 6.07) is 5.06. The highest BCUT2D eigenvalue weighted by molar-refractivity contribution is 5.81. The number of imidazole rings is 1.